The molecule has 0 aromatic heterocycles. The summed E-state index contributed by atoms with van der Waals surface area (Å²) in [7, 11) is 0. The van der Waals surface area contributed by atoms with Gasteiger partial charge in [0, 0.05) is 10.5 Å². The van der Waals surface area contributed by atoms with E-state index in [4.69, 9.17) is 27.9 Å². The van der Waals surface area contributed by atoms with Gasteiger partial charge in [-0.1, -0.05) is 36.0 Å². The minimum absolute atomic E-state index is 0.580. The van der Waals surface area contributed by atoms with Crippen LogP contribution in [0.3, 0.4) is 0 Å². The molecule has 0 saturated carbocycles. The molecule has 0 atom stereocenters. The van der Waals surface area contributed by atoms with Crippen LogP contribution in [0.15, 0.2) is 16.6 Å². The molecular formula is C12H15BrCl2OS. The Morgan fingerprint density at radius 1 is 1.06 bits per heavy atom. The molecule has 1 rings (SSSR count). The van der Waals surface area contributed by atoms with Crippen LogP contribution in [0.2, 0.25) is 10.0 Å². The molecule has 96 valence electrons. The maximum absolute atomic E-state index is 6.04. The van der Waals surface area contributed by atoms with E-state index in [-0.39, 0.29) is 0 Å². The number of halogens is 3. The third-order valence-corrected chi connectivity index (χ3v) is 4.09. The highest BCUT2D eigenvalue weighted by Crippen LogP contribution is 2.34. The van der Waals surface area contributed by atoms with E-state index in [0.717, 1.165) is 29.5 Å². The summed E-state index contributed by atoms with van der Waals surface area (Å²) in [5.41, 5.74) is 0. The lowest BCUT2D eigenvalue weighted by Gasteiger charge is -2.09. The summed E-state index contributed by atoms with van der Waals surface area (Å²) in [6.45, 7) is 0.671. The van der Waals surface area contributed by atoms with Crippen LogP contribution in [0.25, 0.3) is 0 Å². The lowest BCUT2D eigenvalue weighted by Crippen LogP contribution is -1.98. The van der Waals surface area contributed by atoms with Crippen molar-refractivity contribution in [3.05, 3.63) is 26.7 Å². The van der Waals surface area contributed by atoms with E-state index in [2.05, 4.69) is 28.6 Å². The van der Waals surface area contributed by atoms with Crippen molar-refractivity contribution in [2.45, 2.75) is 25.7 Å². The van der Waals surface area contributed by atoms with Gasteiger partial charge < -0.3 is 4.74 Å². The first-order valence-corrected chi connectivity index (χ1v) is 7.71. The number of hydrogen-bond acceptors (Lipinski definition) is 2. The zero-order valence-electron chi connectivity index (χ0n) is 9.39. The lowest BCUT2D eigenvalue weighted by molar-refractivity contribution is 0.305. The maximum Gasteiger partial charge on any atom is 0.139 e. The smallest absolute Gasteiger partial charge is 0.139 e. The third kappa shape index (κ3) is 5.73. The van der Waals surface area contributed by atoms with Gasteiger partial charge in [-0.3, -0.25) is 0 Å². The van der Waals surface area contributed by atoms with E-state index < -0.39 is 0 Å². The largest absolute Gasteiger partial charge is 0.492 e. The molecule has 0 spiro atoms. The van der Waals surface area contributed by atoms with Gasteiger partial charge in [0.25, 0.3) is 0 Å². The topological polar surface area (TPSA) is 9.23 Å². The fraction of sp³-hybridized carbons (Fsp3) is 0.500. The van der Waals surface area contributed by atoms with Gasteiger partial charge in [0.05, 0.1) is 16.7 Å². The van der Waals surface area contributed by atoms with Crippen molar-refractivity contribution in [1.29, 1.82) is 0 Å². The van der Waals surface area contributed by atoms with Crippen LogP contribution >= 0.6 is 51.8 Å². The number of ether oxygens (including phenoxy) is 1. The summed E-state index contributed by atoms with van der Waals surface area (Å²) >= 11 is 19.5. The van der Waals surface area contributed by atoms with Crippen molar-refractivity contribution in [1.82, 2.24) is 0 Å². The molecule has 1 nitrogen and oxygen atoms in total. The van der Waals surface area contributed by atoms with Gasteiger partial charge in [-0.25, -0.2) is 0 Å². The quantitative estimate of drug-likeness (QED) is 0.378. The van der Waals surface area contributed by atoms with Crippen LogP contribution < -0.4 is 4.74 Å². The fourth-order valence-electron chi connectivity index (χ4n) is 1.36. The normalized spacial score (nSPS) is 10.6. The van der Waals surface area contributed by atoms with E-state index in [0.29, 0.717) is 22.4 Å². The highest BCUT2D eigenvalue weighted by molar-refractivity contribution is 9.10. The summed E-state index contributed by atoms with van der Waals surface area (Å²) in [4.78, 5) is 0. The molecule has 0 aliphatic heterocycles. The van der Waals surface area contributed by atoms with E-state index in [1.54, 1.807) is 12.1 Å². The number of benzene rings is 1. The molecule has 0 radical (unpaired) electrons. The van der Waals surface area contributed by atoms with Gasteiger partial charge in [-0.15, -0.1) is 0 Å². The average molecular weight is 358 g/mol. The van der Waals surface area contributed by atoms with Crippen LogP contribution in [0.1, 0.15) is 25.7 Å². The second-order valence-corrected chi connectivity index (χ2v) is 5.80. The second kappa shape index (κ2) is 8.52. The summed E-state index contributed by atoms with van der Waals surface area (Å²) in [6.07, 6.45) is 4.54. The Morgan fingerprint density at radius 2 is 1.76 bits per heavy atom. The van der Waals surface area contributed by atoms with Crippen LogP contribution in [-0.4, -0.2) is 12.4 Å². The van der Waals surface area contributed by atoms with Gasteiger partial charge in [-0.05, 0) is 40.6 Å². The molecule has 0 aliphatic rings. The highest BCUT2D eigenvalue weighted by Gasteiger charge is 2.06. The molecule has 0 aliphatic carbocycles. The average Bonchev–Trinajstić information content (AvgIpc) is 2.30. The molecule has 0 N–H and O–H groups in total. The molecule has 0 amide bonds. The van der Waals surface area contributed by atoms with Crippen LogP contribution in [0.4, 0.5) is 0 Å². The van der Waals surface area contributed by atoms with Crippen molar-refractivity contribution >= 4 is 51.8 Å². The van der Waals surface area contributed by atoms with Crippen molar-refractivity contribution in [2.24, 2.45) is 0 Å². The van der Waals surface area contributed by atoms with Gasteiger partial charge in [-0.2, -0.15) is 12.6 Å². The zero-order valence-corrected chi connectivity index (χ0v) is 13.4. The summed E-state index contributed by atoms with van der Waals surface area (Å²) in [5, 5.41) is 1.19. The van der Waals surface area contributed by atoms with Crippen molar-refractivity contribution in [3.63, 3.8) is 0 Å². The Labute approximate surface area is 126 Å². The van der Waals surface area contributed by atoms with E-state index >= 15 is 0 Å². The monoisotopic (exact) mass is 356 g/mol. The Bertz CT molecular complexity index is 361. The van der Waals surface area contributed by atoms with Crippen LogP contribution in [0, 0.1) is 0 Å². The Morgan fingerprint density at radius 3 is 2.47 bits per heavy atom. The molecule has 0 unspecified atom stereocenters. The van der Waals surface area contributed by atoms with E-state index in [9.17, 15) is 0 Å². The van der Waals surface area contributed by atoms with Crippen LogP contribution in [0.5, 0.6) is 5.75 Å². The molecule has 0 bridgehead atoms. The SMILES string of the molecule is SCCCCCCOc1cc(Cl)c(Br)cc1Cl. The third-order valence-electron chi connectivity index (χ3n) is 2.28. The number of hydrogen-bond donors (Lipinski definition) is 1. The van der Waals surface area contributed by atoms with Gasteiger partial charge >= 0.3 is 0 Å². The predicted molar refractivity (Wildman–Crippen MR) is 82.0 cm³/mol. The van der Waals surface area contributed by atoms with Gasteiger partial charge in [0.2, 0.25) is 0 Å². The van der Waals surface area contributed by atoms with Gasteiger partial charge in [0.1, 0.15) is 5.75 Å². The van der Waals surface area contributed by atoms with Crippen molar-refractivity contribution in [3.8, 4) is 5.75 Å². The van der Waals surface area contributed by atoms with E-state index in [1.165, 1.54) is 6.42 Å². The Kier molecular flexibility index (Phi) is 7.76. The number of thiol groups is 1. The highest BCUT2D eigenvalue weighted by atomic mass is 79.9. The maximum atomic E-state index is 6.04. The fourth-order valence-corrected chi connectivity index (χ4v) is 2.44. The lowest BCUT2D eigenvalue weighted by atomic mass is 10.2. The molecule has 1 aromatic rings. The number of rotatable bonds is 7. The predicted octanol–water partition coefficient (Wildman–Crippen LogP) is 5.62. The number of unbranched alkanes of at least 4 members (excludes halogenated alkanes) is 3. The Balaban J connectivity index is 2.34. The summed E-state index contributed by atoms with van der Waals surface area (Å²) in [5.74, 6) is 1.60. The van der Waals surface area contributed by atoms with Crippen molar-refractivity contribution in [2.75, 3.05) is 12.4 Å². The molecule has 17 heavy (non-hydrogen) atoms. The molecule has 1 aromatic carbocycles. The minimum Gasteiger partial charge on any atom is -0.492 e. The molecule has 5 heteroatoms. The van der Waals surface area contributed by atoms with Crippen LogP contribution in [-0.2, 0) is 0 Å². The summed E-state index contributed by atoms with van der Waals surface area (Å²) < 4.78 is 6.38. The first-order valence-electron chi connectivity index (χ1n) is 5.53. The standard InChI is InChI=1S/C12H15BrCl2OS/c13-9-7-11(15)12(8-10(9)14)16-5-3-1-2-4-6-17/h7-8,17H,1-6H2. The molecule has 0 fully saturated rings. The second-order valence-electron chi connectivity index (χ2n) is 3.68. The molecular weight excluding hydrogens is 343 g/mol. The Hall–Kier alpha value is 0.430. The summed E-state index contributed by atoms with van der Waals surface area (Å²) in [6, 6.07) is 3.49. The molecule has 0 saturated heterocycles. The minimum atomic E-state index is 0.580. The van der Waals surface area contributed by atoms with E-state index in [1.807, 2.05) is 0 Å². The molecule has 0 heterocycles. The van der Waals surface area contributed by atoms with Gasteiger partial charge in [0.15, 0.2) is 0 Å². The van der Waals surface area contributed by atoms with Crippen molar-refractivity contribution < 1.29 is 4.74 Å². The zero-order chi connectivity index (χ0) is 12.7. The first kappa shape index (κ1) is 15.5. The first-order chi connectivity index (χ1) is 8.15.